The predicted octanol–water partition coefficient (Wildman–Crippen LogP) is 1.44. The molecule has 3 rings (SSSR count). The molecule has 144 valence electrons. The van der Waals surface area contributed by atoms with Crippen molar-refractivity contribution in [3.8, 4) is 0 Å². The molecule has 0 saturated heterocycles. The van der Waals surface area contributed by atoms with Crippen molar-refractivity contribution < 1.29 is 18.8 Å². The van der Waals surface area contributed by atoms with E-state index in [1.807, 2.05) is 0 Å². The number of benzene rings is 1. The van der Waals surface area contributed by atoms with E-state index >= 15 is 0 Å². The highest BCUT2D eigenvalue weighted by Crippen LogP contribution is 2.15. The topological polar surface area (TPSA) is 131 Å². The first-order valence-corrected chi connectivity index (χ1v) is 8.39. The highest BCUT2D eigenvalue weighted by atomic mass is 16.3. The van der Waals surface area contributed by atoms with Crippen molar-refractivity contribution >= 4 is 29.1 Å². The molecule has 2 aromatic heterocycles. The molecule has 0 spiro atoms. The van der Waals surface area contributed by atoms with Gasteiger partial charge < -0.3 is 20.4 Å². The molecular formula is C18H18N6O4. The van der Waals surface area contributed by atoms with E-state index in [2.05, 4.69) is 26.0 Å². The molecule has 0 saturated carbocycles. The largest absolute Gasteiger partial charge is 0.459 e. The summed E-state index contributed by atoms with van der Waals surface area (Å²) in [5, 5.41) is 11.8. The first kappa shape index (κ1) is 18.8. The molecule has 0 unspecified atom stereocenters. The van der Waals surface area contributed by atoms with Crippen molar-refractivity contribution in [1.82, 2.24) is 20.1 Å². The molecule has 0 bridgehead atoms. The summed E-state index contributed by atoms with van der Waals surface area (Å²) in [6, 6.07) is 9.17. The summed E-state index contributed by atoms with van der Waals surface area (Å²) in [4.78, 5) is 39.7. The third-order valence-electron chi connectivity index (χ3n) is 3.80. The SMILES string of the molecule is C[C@@H](C(=O)Nc1ccc(NC(=O)CNC(=O)c2ccco2)cc1)n1cncn1. The minimum atomic E-state index is -0.514. The molecule has 28 heavy (non-hydrogen) atoms. The van der Waals surface area contributed by atoms with Gasteiger partial charge in [0.15, 0.2) is 5.76 Å². The zero-order valence-corrected chi connectivity index (χ0v) is 15.0. The van der Waals surface area contributed by atoms with E-state index in [-0.39, 0.29) is 18.2 Å². The van der Waals surface area contributed by atoms with Crippen LogP contribution in [0.5, 0.6) is 0 Å². The molecule has 2 heterocycles. The zero-order chi connectivity index (χ0) is 19.9. The number of carbonyl (C=O) groups is 3. The summed E-state index contributed by atoms with van der Waals surface area (Å²) in [5.74, 6) is -0.979. The van der Waals surface area contributed by atoms with E-state index in [9.17, 15) is 14.4 Å². The third-order valence-corrected chi connectivity index (χ3v) is 3.80. The number of furan rings is 1. The Hall–Kier alpha value is -3.95. The number of nitrogens with one attached hydrogen (secondary N) is 3. The van der Waals surface area contributed by atoms with Crippen LogP contribution in [-0.2, 0) is 9.59 Å². The lowest BCUT2D eigenvalue weighted by Gasteiger charge is -2.12. The molecule has 1 atom stereocenters. The second-order valence-corrected chi connectivity index (χ2v) is 5.83. The minimum absolute atomic E-state index is 0.132. The highest BCUT2D eigenvalue weighted by Gasteiger charge is 2.15. The molecular weight excluding hydrogens is 364 g/mol. The van der Waals surface area contributed by atoms with Crippen LogP contribution < -0.4 is 16.0 Å². The van der Waals surface area contributed by atoms with Crippen LogP contribution in [0.2, 0.25) is 0 Å². The number of amides is 3. The maximum absolute atomic E-state index is 12.2. The van der Waals surface area contributed by atoms with Crippen LogP contribution in [0, 0.1) is 0 Å². The van der Waals surface area contributed by atoms with Crippen LogP contribution in [0.3, 0.4) is 0 Å². The smallest absolute Gasteiger partial charge is 0.287 e. The van der Waals surface area contributed by atoms with E-state index in [1.165, 1.54) is 29.7 Å². The van der Waals surface area contributed by atoms with Crippen molar-refractivity contribution in [2.45, 2.75) is 13.0 Å². The summed E-state index contributed by atoms with van der Waals surface area (Å²) in [7, 11) is 0. The van der Waals surface area contributed by atoms with E-state index in [4.69, 9.17) is 4.42 Å². The molecule has 10 heteroatoms. The number of nitrogens with zero attached hydrogens (tertiary/aromatic N) is 3. The fourth-order valence-corrected chi connectivity index (χ4v) is 2.28. The van der Waals surface area contributed by atoms with Crippen molar-refractivity contribution in [1.29, 1.82) is 0 Å². The molecule has 10 nitrogen and oxygen atoms in total. The van der Waals surface area contributed by atoms with Crippen LogP contribution in [0.4, 0.5) is 11.4 Å². The summed E-state index contributed by atoms with van der Waals surface area (Å²) >= 11 is 0. The van der Waals surface area contributed by atoms with Gasteiger partial charge in [0, 0.05) is 11.4 Å². The zero-order valence-electron chi connectivity index (χ0n) is 15.0. The number of anilines is 2. The van der Waals surface area contributed by atoms with E-state index in [0.29, 0.717) is 11.4 Å². The Morgan fingerprint density at radius 1 is 1.11 bits per heavy atom. The van der Waals surface area contributed by atoms with Gasteiger partial charge >= 0.3 is 0 Å². The van der Waals surface area contributed by atoms with E-state index < -0.39 is 17.9 Å². The lowest BCUT2D eigenvalue weighted by atomic mass is 10.2. The summed E-state index contributed by atoms with van der Waals surface area (Å²) in [6.07, 6.45) is 4.20. The summed E-state index contributed by atoms with van der Waals surface area (Å²) in [5.41, 5.74) is 1.10. The Morgan fingerprint density at radius 3 is 2.43 bits per heavy atom. The molecule has 0 aliphatic heterocycles. The Labute approximate surface area is 159 Å². The quantitative estimate of drug-likeness (QED) is 0.567. The first-order chi connectivity index (χ1) is 13.5. The summed E-state index contributed by atoms with van der Waals surface area (Å²) < 4.78 is 6.39. The van der Waals surface area contributed by atoms with Crippen LogP contribution in [0.15, 0.2) is 59.7 Å². The van der Waals surface area contributed by atoms with Crippen LogP contribution in [0.1, 0.15) is 23.5 Å². The highest BCUT2D eigenvalue weighted by molar-refractivity contribution is 5.98. The number of hydrogen-bond donors (Lipinski definition) is 3. The van der Waals surface area contributed by atoms with Gasteiger partial charge in [-0.25, -0.2) is 9.67 Å². The molecule has 3 aromatic rings. The number of carbonyl (C=O) groups excluding carboxylic acids is 3. The molecule has 1 aromatic carbocycles. The van der Waals surface area contributed by atoms with Gasteiger partial charge in [-0.2, -0.15) is 5.10 Å². The average molecular weight is 382 g/mol. The Bertz CT molecular complexity index is 935. The van der Waals surface area contributed by atoms with Crippen LogP contribution >= 0.6 is 0 Å². The number of aromatic nitrogens is 3. The van der Waals surface area contributed by atoms with Gasteiger partial charge in [0.2, 0.25) is 11.8 Å². The average Bonchev–Trinajstić information content (AvgIpc) is 3.41. The van der Waals surface area contributed by atoms with Crippen LogP contribution in [-0.4, -0.2) is 39.0 Å². The van der Waals surface area contributed by atoms with Gasteiger partial charge in [-0.1, -0.05) is 0 Å². The lowest BCUT2D eigenvalue weighted by molar-refractivity contribution is -0.119. The Kier molecular flexibility index (Phi) is 5.80. The van der Waals surface area contributed by atoms with Crippen molar-refractivity contribution in [2.75, 3.05) is 17.2 Å². The molecule has 3 N–H and O–H groups in total. The Morgan fingerprint density at radius 2 is 1.82 bits per heavy atom. The van der Waals surface area contributed by atoms with Crippen molar-refractivity contribution in [3.05, 3.63) is 61.1 Å². The van der Waals surface area contributed by atoms with Gasteiger partial charge in [-0.3, -0.25) is 14.4 Å². The fourth-order valence-electron chi connectivity index (χ4n) is 2.28. The maximum atomic E-state index is 12.2. The number of rotatable bonds is 7. The second kappa shape index (κ2) is 8.62. The van der Waals surface area contributed by atoms with Gasteiger partial charge in [0.1, 0.15) is 18.7 Å². The monoisotopic (exact) mass is 382 g/mol. The molecule has 0 aliphatic rings. The van der Waals surface area contributed by atoms with Crippen LogP contribution in [0.25, 0.3) is 0 Å². The fraction of sp³-hybridized carbons (Fsp3) is 0.167. The van der Waals surface area contributed by atoms with Gasteiger partial charge in [-0.15, -0.1) is 0 Å². The third kappa shape index (κ3) is 4.81. The maximum Gasteiger partial charge on any atom is 0.287 e. The standard InChI is InChI=1S/C18H18N6O4/c1-12(24-11-19-10-21-24)17(26)23-14-6-4-13(5-7-14)22-16(25)9-20-18(27)15-3-2-8-28-15/h2-8,10-12H,9H2,1H3,(H,20,27)(H,22,25)(H,23,26)/t12-/m0/s1. The predicted molar refractivity (Wildman–Crippen MR) is 99.5 cm³/mol. The molecule has 0 radical (unpaired) electrons. The first-order valence-electron chi connectivity index (χ1n) is 8.39. The normalized spacial score (nSPS) is 11.5. The number of hydrogen-bond acceptors (Lipinski definition) is 6. The van der Waals surface area contributed by atoms with E-state index in [0.717, 1.165) is 0 Å². The van der Waals surface area contributed by atoms with E-state index in [1.54, 1.807) is 37.3 Å². The Balaban J connectivity index is 1.48. The minimum Gasteiger partial charge on any atom is -0.459 e. The molecule has 0 aliphatic carbocycles. The molecule has 3 amide bonds. The van der Waals surface area contributed by atoms with Crippen molar-refractivity contribution in [2.24, 2.45) is 0 Å². The van der Waals surface area contributed by atoms with Gasteiger partial charge in [-0.05, 0) is 43.3 Å². The molecule has 0 fully saturated rings. The van der Waals surface area contributed by atoms with Crippen molar-refractivity contribution in [3.63, 3.8) is 0 Å². The second-order valence-electron chi connectivity index (χ2n) is 5.83. The summed E-state index contributed by atoms with van der Waals surface area (Å²) in [6.45, 7) is 1.50. The van der Waals surface area contributed by atoms with Gasteiger partial charge in [0.25, 0.3) is 5.91 Å². The lowest BCUT2D eigenvalue weighted by Crippen LogP contribution is -2.32. The van der Waals surface area contributed by atoms with Gasteiger partial charge in [0.05, 0.1) is 12.8 Å².